The number of carbonyl (C=O) groups is 1. The van der Waals surface area contributed by atoms with Crippen molar-refractivity contribution in [2.24, 2.45) is 5.92 Å². The zero-order valence-electron chi connectivity index (χ0n) is 10.8. The molecular weight excluding hydrogens is 190 g/mol. The largest absolute Gasteiger partial charge is 0.466 e. The maximum absolute atomic E-state index is 10.8. The number of rotatable bonds is 2. The van der Waals surface area contributed by atoms with Gasteiger partial charge in [-0.05, 0) is 41.2 Å². The van der Waals surface area contributed by atoms with E-state index in [1.165, 1.54) is 6.92 Å². The van der Waals surface area contributed by atoms with Gasteiger partial charge in [-0.3, -0.25) is 9.69 Å². The Morgan fingerprint density at radius 1 is 1.40 bits per heavy atom. The quantitative estimate of drug-likeness (QED) is 0.658. The average molecular weight is 213 g/mol. The average Bonchev–Trinajstić information content (AvgIpc) is 2.23. The van der Waals surface area contributed by atoms with E-state index in [2.05, 4.69) is 39.6 Å². The Labute approximate surface area is 92.8 Å². The van der Waals surface area contributed by atoms with Crippen LogP contribution in [-0.4, -0.2) is 35.6 Å². The first-order valence-corrected chi connectivity index (χ1v) is 5.55. The molecule has 3 nitrogen and oxygen atoms in total. The van der Waals surface area contributed by atoms with Gasteiger partial charge in [0, 0.05) is 23.9 Å². The van der Waals surface area contributed by atoms with E-state index in [1.54, 1.807) is 0 Å². The normalized spacial score (nSPS) is 29.1. The Bertz CT molecular complexity index is 258. The number of hydrogen-bond donors (Lipinski definition) is 0. The molecule has 1 saturated heterocycles. The number of nitrogens with zero attached hydrogens (tertiary/aromatic N) is 1. The van der Waals surface area contributed by atoms with Crippen LogP contribution in [0, 0.1) is 5.92 Å². The maximum atomic E-state index is 10.8. The highest BCUT2D eigenvalue weighted by Crippen LogP contribution is 2.43. The Morgan fingerprint density at radius 3 is 2.27 bits per heavy atom. The van der Waals surface area contributed by atoms with Gasteiger partial charge in [0.05, 0.1) is 6.61 Å². The minimum absolute atomic E-state index is 0.0962. The van der Waals surface area contributed by atoms with Gasteiger partial charge in [0.2, 0.25) is 0 Å². The predicted molar refractivity (Wildman–Crippen MR) is 60.7 cm³/mol. The van der Waals surface area contributed by atoms with E-state index >= 15 is 0 Å². The Balaban J connectivity index is 2.71. The Morgan fingerprint density at radius 2 is 1.93 bits per heavy atom. The first kappa shape index (κ1) is 12.5. The Hall–Kier alpha value is -0.570. The lowest BCUT2D eigenvalue weighted by Crippen LogP contribution is -2.47. The van der Waals surface area contributed by atoms with Crippen LogP contribution < -0.4 is 0 Å². The van der Waals surface area contributed by atoms with E-state index in [1.807, 2.05) is 0 Å². The van der Waals surface area contributed by atoms with E-state index in [-0.39, 0.29) is 17.0 Å². The Kier molecular flexibility index (Phi) is 3.15. The molecule has 3 heteroatoms. The van der Waals surface area contributed by atoms with Crippen molar-refractivity contribution in [2.75, 3.05) is 13.7 Å². The van der Waals surface area contributed by atoms with Crippen molar-refractivity contribution < 1.29 is 9.53 Å². The van der Waals surface area contributed by atoms with Gasteiger partial charge >= 0.3 is 5.97 Å². The van der Waals surface area contributed by atoms with Gasteiger partial charge in [-0.15, -0.1) is 0 Å². The van der Waals surface area contributed by atoms with Crippen molar-refractivity contribution in [1.82, 2.24) is 4.90 Å². The van der Waals surface area contributed by atoms with Crippen LogP contribution in [-0.2, 0) is 9.53 Å². The standard InChI is InChI=1S/C12H23NO2/c1-9(14)15-8-10-7-11(2,3)13(6)12(10,4)5/h10H,7-8H2,1-6H3. The highest BCUT2D eigenvalue weighted by atomic mass is 16.5. The van der Waals surface area contributed by atoms with Gasteiger partial charge < -0.3 is 4.74 Å². The molecule has 1 aliphatic rings. The fourth-order valence-corrected chi connectivity index (χ4v) is 2.52. The molecule has 1 aliphatic heterocycles. The van der Waals surface area contributed by atoms with Gasteiger partial charge in [-0.25, -0.2) is 0 Å². The summed E-state index contributed by atoms with van der Waals surface area (Å²) in [6.45, 7) is 10.9. The summed E-state index contributed by atoms with van der Waals surface area (Å²) in [5, 5.41) is 0. The van der Waals surface area contributed by atoms with Crippen molar-refractivity contribution >= 4 is 5.97 Å². The molecule has 0 aromatic heterocycles. The number of carbonyl (C=O) groups excluding carboxylic acids is 1. The van der Waals surface area contributed by atoms with Crippen LogP contribution in [0.25, 0.3) is 0 Å². The molecule has 1 rings (SSSR count). The molecule has 1 heterocycles. The maximum Gasteiger partial charge on any atom is 0.302 e. The molecule has 0 amide bonds. The van der Waals surface area contributed by atoms with Crippen molar-refractivity contribution in [3.63, 3.8) is 0 Å². The number of ether oxygens (including phenoxy) is 1. The van der Waals surface area contributed by atoms with Gasteiger partial charge in [0.25, 0.3) is 0 Å². The molecule has 0 aliphatic carbocycles. The third-order valence-corrected chi connectivity index (χ3v) is 4.01. The summed E-state index contributed by atoms with van der Waals surface area (Å²) in [4.78, 5) is 13.2. The third-order valence-electron chi connectivity index (χ3n) is 4.01. The second-order valence-electron chi connectivity index (χ2n) is 5.73. The van der Waals surface area contributed by atoms with E-state index in [9.17, 15) is 4.79 Å². The second kappa shape index (κ2) is 3.78. The van der Waals surface area contributed by atoms with Gasteiger partial charge in [-0.2, -0.15) is 0 Å². The van der Waals surface area contributed by atoms with E-state index in [4.69, 9.17) is 4.74 Å². The predicted octanol–water partition coefficient (Wildman–Crippen LogP) is 2.06. The first-order valence-electron chi connectivity index (χ1n) is 5.55. The highest BCUT2D eigenvalue weighted by molar-refractivity contribution is 5.65. The van der Waals surface area contributed by atoms with Crippen molar-refractivity contribution in [1.29, 1.82) is 0 Å². The van der Waals surface area contributed by atoms with Crippen LogP contribution in [0.3, 0.4) is 0 Å². The van der Waals surface area contributed by atoms with E-state index in [0.29, 0.717) is 12.5 Å². The smallest absolute Gasteiger partial charge is 0.302 e. The molecule has 88 valence electrons. The molecule has 1 unspecified atom stereocenters. The lowest BCUT2D eigenvalue weighted by Gasteiger charge is -2.38. The first-order chi connectivity index (χ1) is 6.68. The van der Waals surface area contributed by atoms with Crippen LogP contribution in [0.1, 0.15) is 41.0 Å². The van der Waals surface area contributed by atoms with Crippen LogP contribution >= 0.6 is 0 Å². The van der Waals surface area contributed by atoms with Gasteiger partial charge in [0.1, 0.15) is 0 Å². The molecule has 0 aromatic carbocycles. The van der Waals surface area contributed by atoms with Gasteiger partial charge in [0.15, 0.2) is 0 Å². The lowest BCUT2D eigenvalue weighted by molar-refractivity contribution is -0.143. The molecule has 0 bridgehead atoms. The third kappa shape index (κ3) is 2.33. The minimum Gasteiger partial charge on any atom is -0.466 e. The van der Waals surface area contributed by atoms with Gasteiger partial charge in [-0.1, -0.05) is 0 Å². The summed E-state index contributed by atoms with van der Waals surface area (Å²) >= 11 is 0. The number of esters is 1. The minimum atomic E-state index is -0.182. The summed E-state index contributed by atoms with van der Waals surface area (Å²) in [7, 11) is 2.15. The summed E-state index contributed by atoms with van der Waals surface area (Å²) in [5.74, 6) is 0.236. The van der Waals surface area contributed by atoms with E-state index < -0.39 is 0 Å². The molecule has 0 aromatic rings. The zero-order valence-corrected chi connectivity index (χ0v) is 10.8. The summed E-state index contributed by atoms with van der Waals surface area (Å²) < 4.78 is 5.14. The lowest BCUT2D eigenvalue weighted by atomic mass is 9.88. The number of hydrogen-bond acceptors (Lipinski definition) is 3. The van der Waals surface area contributed by atoms with Crippen molar-refractivity contribution in [2.45, 2.75) is 52.1 Å². The van der Waals surface area contributed by atoms with Crippen LogP contribution in [0.15, 0.2) is 0 Å². The molecule has 0 saturated carbocycles. The van der Waals surface area contributed by atoms with Crippen molar-refractivity contribution in [3.05, 3.63) is 0 Å². The molecular formula is C12H23NO2. The molecule has 0 spiro atoms. The molecule has 1 atom stereocenters. The SMILES string of the molecule is CC(=O)OCC1CC(C)(C)N(C)C1(C)C. The molecule has 1 fully saturated rings. The molecule has 15 heavy (non-hydrogen) atoms. The second-order valence-corrected chi connectivity index (χ2v) is 5.73. The topological polar surface area (TPSA) is 29.5 Å². The summed E-state index contributed by atoms with van der Waals surface area (Å²) in [5.41, 5.74) is 0.285. The number of likely N-dealkylation sites (tertiary alicyclic amines) is 1. The van der Waals surface area contributed by atoms with Crippen LogP contribution in [0.5, 0.6) is 0 Å². The monoisotopic (exact) mass is 213 g/mol. The fraction of sp³-hybridized carbons (Fsp3) is 0.917. The zero-order chi connectivity index (χ0) is 11.9. The molecule has 0 N–H and O–H groups in total. The highest BCUT2D eigenvalue weighted by Gasteiger charge is 2.49. The van der Waals surface area contributed by atoms with Crippen LogP contribution in [0.2, 0.25) is 0 Å². The summed E-state index contributed by atoms with van der Waals surface area (Å²) in [6, 6.07) is 0. The van der Waals surface area contributed by atoms with Crippen molar-refractivity contribution in [3.8, 4) is 0 Å². The van der Waals surface area contributed by atoms with E-state index in [0.717, 1.165) is 6.42 Å². The van der Waals surface area contributed by atoms with Crippen LogP contribution in [0.4, 0.5) is 0 Å². The fourth-order valence-electron chi connectivity index (χ4n) is 2.52. The summed E-state index contributed by atoms with van der Waals surface area (Å²) in [6.07, 6.45) is 1.07. The molecule has 0 radical (unpaired) electrons.